The molecule has 0 aromatic heterocycles. The number of hydrogen-bond acceptors (Lipinski definition) is 2. The zero-order valence-corrected chi connectivity index (χ0v) is 9.97. The Morgan fingerprint density at radius 1 is 1.31 bits per heavy atom. The predicted octanol–water partition coefficient (Wildman–Crippen LogP) is 3.05. The Kier molecular flexibility index (Phi) is 3.86. The molecular weight excluding hydrogens is 212 g/mol. The van der Waals surface area contributed by atoms with Crippen LogP contribution in [-0.4, -0.2) is 13.7 Å². The fraction of sp³-hybridized carbons (Fsp3) is 0.500. The van der Waals surface area contributed by atoms with E-state index in [4.69, 9.17) is 0 Å². The molecule has 0 saturated carbocycles. The normalized spacial score (nSPS) is 11.9. The van der Waals surface area contributed by atoms with Crippen molar-refractivity contribution in [3.63, 3.8) is 0 Å². The first-order valence-electron chi connectivity index (χ1n) is 5.11. The summed E-state index contributed by atoms with van der Waals surface area (Å²) in [6, 6.07) is 5.34. The van der Waals surface area contributed by atoms with Crippen LogP contribution in [0.4, 0.5) is 8.78 Å². The average Bonchev–Trinajstić information content (AvgIpc) is 2.20. The highest BCUT2D eigenvalue weighted by Crippen LogP contribution is 2.27. The summed E-state index contributed by atoms with van der Waals surface area (Å²) in [5, 5.41) is 3.11. The van der Waals surface area contributed by atoms with Crippen LogP contribution >= 0.6 is 0 Å². The fourth-order valence-electron chi connectivity index (χ4n) is 1.36. The molecule has 0 fully saturated rings. The minimum absolute atomic E-state index is 0.232. The summed E-state index contributed by atoms with van der Waals surface area (Å²) in [6.45, 7) is 2.91. The zero-order valence-electron chi connectivity index (χ0n) is 9.97. The summed E-state index contributed by atoms with van der Waals surface area (Å²) in [5.41, 5.74) is 1.35. The topological polar surface area (TPSA) is 21.3 Å². The molecule has 1 rings (SSSR count). The fourth-order valence-corrected chi connectivity index (χ4v) is 1.36. The number of hydrogen-bond donors (Lipinski definition) is 1. The van der Waals surface area contributed by atoms with Crippen LogP contribution in [0, 0.1) is 6.92 Å². The van der Waals surface area contributed by atoms with E-state index >= 15 is 0 Å². The monoisotopic (exact) mass is 229 g/mol. The van der Waals surface area contributed by atoms with Crippen molar-refractivity contribution in [1.29, 1.82) is 0 Å². The van der Waals surface area contributed by atoms with Crippen LogP contribution < -0.4 is 10.1 Å². The number of rotatable bonds is 4. The molecule has 0 aliphatic carbocycles. The summed E-state index contributed by atoms with van der Waals surface area (Å²) in [6.07, 6.45) is 0. The van der Waals surface area contributed by atoms with Crippen LogP contribution in [0.1, 0.15) is 25.0 Å². The molecule has 0 spiro atoms. The Hall–Kier alpha value is -1.16. The molecule has 0 unspecified atom stereocenters. The van der Waals surface area contributed by atoms with E-state index < -0.39 is 6.61 Å². The third-order valence-electron chi connectivity index (χ3n) is 2.75. The summed E-state index contributed by atoms with van der Waals surface area (Å²) in [5.74, 6) is 0.232. The molecule has 1 aromatic carbocycles. The highest BCUT2D eigenvalue weighted by molar-refractivity contribution is 5.39. The highest BCUT2D eigenvalue weighted by Gasteiger charge is 2.19. The van der Waals surface area contributed by atoms with Crippen LogP contribution in [0.3, 0.4) is 0 Å². The molecule has 0 heterocycles. The van der Waals surface area contributed by atoms with Gasteiger partial charge in [-0.2, -0.15) is 8.78 Å². The second kappa shape index (κ2) is 4.78. The van der Waals surface area contributed by atoms with Crippen molar-refractivity contribution in [3.8, 4) is 5.75 Å². The molecule has 16 heavy (non-hydrogen) atoms. The van der Waals surface area contributed by atoms with E-state index in [1.54, 1.807) is 19.1 Å². The minimum Gasteiger partial charge on any atom is -0.435 e. The van der Waals surface area contributed by atoms with Gasteiger partial charge in [0.15, 0.2) is 0 Å². The van der Waals surface area contributed by atoms with Crippen molar-refractivity contribution in [2.75, 3.05) is 7.05 Å². The van der Waals surface area contributed by atoms with E-state index in [1.807, 2.05) is 27.0 Å². The van der Waals surface area contributed by atoms with Crippen LogP contribution in [0.25, 0.3) is 0 Å². The van der Waals surface area contributed by atoms with Crippen molar-refractivity contribution >= 4 is 0 Å². The molecule has 0 saturated heterocycles. The molecule has 2 nitrogen and oxygen atoms in total. The van der Waals surface area contributed by atoms with Crippen LogP contribution in [-0.2, 0) is 5.54 Å². The molecule has 0 aliphatic heterocycles. The van der Waals surface area contributed by atoms with Gasteiger partial charge in [-0.1, -0.05) is 12.1 Å². The van der Waals surface area contributed by atoms with Gasteiger partial charge in [0.05, 0.1) is 0 Å². The first-order valence-corrected chi connectivity index (χ1v) is 5.11. The Morgan fingerprint density at radius 2 is 1.94 bits per heavy atom. The number of benzene rings is 1. The Bertz CT molecular complexity index is 364. The van der Waals surface area contributed by atoms with Gasteiger partial charge in [0.1, 0.15) is 5.75 Å². The van der Waals surface area contributed by atoms with Gasteiger partial charge in [-0.3, -0.25) is 0 Å². The van der Waals surface area contributed by atoms with Gasteiger partial charge in [0.25, 0.3) is 0 Å². The molecule has 1 aromatic rings. The standard InChI is InChI=1S/C12H17F2NO/c1-8-5-6-9(12(2,3)15-4)7-10(8)16-11(13)14/h5-7,11,15H,1-4H3. The van der Waals surface area contributed by atoms with Crippen LogP contribution in [0.15, 0.2) is 18.2 Å². The van der Waals surface area contributed by atoms with Crippen molar-refractivity contribution in [2.24, 2.45) is 0 Å². The summed E-state index contributed by atoms with van der Waals surface area (Å²) < 4.78 is 28.8. The van der Waals surface area contributed by atoms with Gasteiger partial charge in [0, 0.05) is 5.54 Å². The molecule has 4 heteroatoms. The second-order valence-corrected chi connectivity index (χ2v) is 4.23. The van der Waals surface area contributed by atoms with Gasteiger partial charge in [-0.05, 0) is 45.0 Å². The van der Waals surface area contributed by atoms with Crippen molar-refractivity contribution in [2.45, 2.75) is 32.9 Å². The Morgan fingerprint density at radius 3 is 2.44 bits per heavy atom. The lowest BCUT2D eigenvalue weighted by molar-refractivity contribution is -0.0503. The molecular formula is C12H17F2NO. The van der Waals surface area contributed by atoms with E-state index in [0.717, 1.165) is 5.56 Å². The second-order valence-electron chi connectivity index (χ2n) is 4.23. The Labute approximate surface area is 94.6 Å². The maximum Gasteiger partial charge on any atom is 0.387 e. The molecule has 0 atom stereocenters. The van der Waals surface area contributed by atoms with Crippen LogP contribution in [0.2, 0.25) is 0 Å². The van der Waals surface area contributed by atoms with E-state index in [9.17, 15) is 8.78 Å². The molecule has 0 aliphatic rings. The van der Waals surface area contributed by atoms with Gasteiger partial charge in [-0.15, -0.1) is 0 Å². The van der Waals surface area contributed by atoms with Crippen molar-refractivity contribution in [1.82, 2.24) is 5.32 Å². The number of alkyl halides is 2. The third kappa shape index (κ3) is 2.92. The maximum atomic E-state index is 12.2. The quantitative estimate of drug-likeness (QED) is 0.856. The Balaban J connectivity index is 3.07. The SMILES string of the molecule is CNC(C)(C)c1ccc(C)c(OC(F)F)c1. The van der Waals surface area contributed by atoms with E-state index in [1.165, 1.54) is 0 Å². The third-order valence-corrected chi connectivity index (χ3v) is 2.75. The van der Waals surface area contributed by atoms with Gasteiger partial charge < -0.3 is 10.1 Å². The highest BCUT2D eigenvalue weighted by atomic mass is 19.3. The summed E-state index contributed by atoms with van der Waals surface area (Å²) >= 11 is 0. The zero-order chi connectivity index (χ0) is 12.3. The average molecular weight is 229 g/mol. The maximum absolute atomic E-state index is 12.2. The first-order chi connectivity index (χ1) is 7.36. The van der Waals surface area contributed by atoms with Gasteiger partial charge >= 0.3 is 6.61 Å². The van der Waals surface area contributed by atoms with Crippen molar-refractivity contribution in [3.05, 3.63) is 29.3 Å². The van der Waals surface area contributed by atoms with E-state index in [-0.39, 0.29) is 11.3 Å². The van der Waals surface area contributed by atoms with Crippen molar-refractivity contribution < 1.29 is 13.5 Å². The van der Waals surface area contributed by atoms with E-state index in [2.05, 4.69) is 10.1 Å². The minimum atomic E-state index is -2.79. The first kappa shape index (κ1) is 12.9. The van der Waals surface area contributed by atoms with E-state index in [0.29, 0.717) is 5.56 Å². The molecule has 90 valence electrons. The van der Waals surface area contributed by atoms with Gasteiger partial charge in [-0.25, -0.2) is 0 Å². The molecule has 0 radical (unpaired) electrons. The van der Waals surface area contributed by atoms with Gasteiger partial charge in [0.2, 0.25) is 0 Å². The summed E-state index contributed by atoms with van der Waals surface area (Å²) in [4.78, 5) is 0. The predicted molar refractivity (Wildman–Crippen MR) is 59.9 cm³/mol. The molecule has 1 N–H and O–H groups in total. The lowest BCUT2D eigenvalue weighted by Crippen LogP contribution is -2.33. The number of aryl methyl sites for hydroxylation is 1. The smallest absolute Gasteiger partial charge is 0.387 e. The molecule has 0 bridgehead atoms. The number of ether oxygens (including phenoxy) is 1. The molecule has 0 amide bonds. The number of halogens is 2. The van der Waals surface area contributed by atoms with Crippen LogP contribution in [0.5, 0.6) is 5.75 Å². The number of nitrogens with one attached hydrogen (secondary N) is 1. The lowest BCUT2D eigenvalue weighted by Gasteiger charge is -2.25. The largest absolute Gasteiger partial charge is 0.435 e. The summed E-state index contributed by atoms with van der Waals surface area (Å²) in [7, 11) is 1.83. The lowest BCUT2D eigenvalue weighted by atomic mass is 9.93.